The summed E-state index contributed by atoms with van der Waals surface area (Å²) in [4.78, 5) is 12.0. The van der Waals surface area contributed by atoms with E-state index < -0.39 is 0 Å². The second kappa shape index (κ2) is 3.36. The van der Waals surface area contributed by atoms with E-state index in [9.17, 15) is 4.79 Å². The molecule has 14 heavy (non-hydrogen) atoms. The second-order valence-corrected chi connectivity index (χ2v) is 5.55. The van der Waals surface area contributed by atoms with Gasteiger partial charge in [0, 0.05) is 11.8 Å². The van der Waals surface area contributed by atoms with E-state index in [2.05, 4.69) is 13.8 Å². The van der Waals surface area contributed by atoms with Gasteiger partial charge in [0.15, 0.2) is 0 Å². The Morgan fingerprint density at radius 2 is 2.14 bits per heavy atom. The molecule has 2 atom stereocenters. The van der Waals surface area contributed by atoms with Crippen molar-refractivity contribution in [3.63, 3.8) is 0 Å². The van der Waals surface area contributed by atoms with Gasteiger partial charge in [0.1, 0.15) is 5.78 Å². The molecule has 2 saturated carbocycles. The molecule has 2 rings (SSSR count). The van der Waals surface area contributed by atoms with Gasteiger partial charge in [-0.25, -0.2) is 0 Å². The molecule has 0 bridgehead atoms. The van der Waals surface area contributed by atoms with E-state index in [0.29, 0.717) is 11.2 Å². The average Bonchev–Trinajstić information content (AvgIpc) is 2.75. The Hall–Kier alpha value is -0.330. The molecule has 0 saturated heterocycles. The zero-order chi connectivity index (χ0) is 10.2. The van der Waals surface area contributed by atoms with Gasteiger partial charge in [0.05, 0.1) is 0 Å². The molecule has 0 heterocycles. The van der Waals surface area contributed by atoms with E-state index in [4.69, 9.17) is 0 Å². The molecule has 2 aliphatic carbocycles. The first-order chi connectivity index (χ1) is 6.65. The number of carbonyl (C=O) groups is 1. The first-order valence-electron chi connectivity index (χ1n) is 6.18. The number of fused-ring (bicyclic) bond motifs is 1. The highest BCUT2D eigenvalue weighted by Crippen LogP contribution is 2.71. The third-order valence-electron chi connectivity index (χ3n) is 4.60. The quantitative estimate of drug-likeness (QED) is 0.623. The number of carbonyl (C=O) groups excluding carboxylic acids is 1. The highest BCUT2D eigenvalue weighted by molar-refractivity contribution is 5.90. The van der Waals surface area contributed by atoms with Crippen LogP contribution in [-0.2, 0) is 4.79 Å². The molecule has 0 radical (unpaired) electrons. The van der Waals surface area contributed by atoms with Crippen LogP contribution < -0.4 is 0 Å². The summed E-state index contributed by atoms with van der Waals surface area (Å²) in [6, 6.07) is 0. The molecule has 0 aromatic carbocycles. The maximum Gasteiger partial charge on any atom is 0.139 e. The van der Waals surface area contributed by atoms with Gasteiger partial charge in [-0.1, -0.05) is 33.1 Å². The molecule has 0 N–H and O–H groups in total. The summed E-state index contributed by atoms with van der Waals surface area (Å²) in [6.07, 6.45) is 9.50. The Balaban J connectivity index is 1.97. The average molecular weight is 194 g/mol. The minimum atomic E-state index is 0.153. The van der Waals surface area contributed by atoms with Gasteiger partial charge in [-0.2, -0.15) is 0 Å². The van der Waals surface area contributed by atoms with Crippen molar-refractivity contribution in [1.82, 2.24) is 0 Å². The van der Waals surface area contributed by atoms with Crippen molar-refractivity contribution >= 4 is 5.78 Å². The molecule has 2 fully saturated rings. The molecule has 0 aliphatic heterocycles. The van der Waals surface area contributed by atoms with Crippen molar-refractivity contribution < 1.29 is 4.79 Å². The summed E-state index contributed by atoms with van der Waals surface area (Å²) in [6.45, 7) is 4.56. The largest absolute Gasteiger partial charge is 0.299 e. The van der Waals surface area contributed by atoms with E-state index in [1.807, 2.05) is 0 Å². The third-order valence-corrected chi connectivity index (χ3v) is 4.60. The standard InChI is InChI=1S/C13H22O/c1-3-4-5-9-13-10-12(13,2)8-6-7-11(13)14/h3-10H2,1-2H3. The SMILES string of the molecule is CCCCCC12CC1(C)CCCC2=O. The fourth-order valence-corrected chi connectivity index (χ4v) is 3.47. The zero-order valence-electron chi connectivity index (χ0n) is 9.57. The van der Waals surface area contributed by atoms with Gasteiger partial charge in [-0.3, -0.25) is 4.79 Å². The predicted octanol–water partition coefficient (Wildman–Crippen LogP) is 3.72. The molecule has 0 aromatic heterocycles. The summed E-state index contributed by atoms with van der Waals surface area (Å²) in [5, 5.41) is 0. The third kappa shape index (κ3) is 1.32. The van der Waals surface area contributed by atoms with Gasteiger partial charge in [-0.05, 0) is 31.1 Å². The number of Topliss-reactive ketones (excluding diaryl/α,β-unsaturated/α-hetero) is 1. The maximum absolute atomic E-state index is 12.0. The Morgan fingerprint density at radius 3 is 2.79 bits per heavy atom. The van der Waals surface area contributed by atoms with Crippen molar-refractivity contribution in [2.45, 2.75) is 65.2 Å². The highest BCUT2D eigenvalue weighted by atomic mass is 16.1. The predicted molar refractivity (Wildman–Crippen MR) is 58.2 cm³/mol. The van der Waals surface area contributed by atoms with Gasteiger partial charge in [0.2, 0.25) is 0 Å². The van der Waals surface area contributed by atoms with Gasteiger partial charge < -0.3 is 0 Å². The Labute approximate surface area is 87.3 Å². The molecule has 80 valence electrons. The number of unbranched alkanes of at least 4 members (excludes halogenated alkanes) is 2. The van der Waals surface area contributed by atoms with Gasteiger partial charge in [-0.15, -0.1) is 0 Å². The molecular weight excluding hydrogens is 172 g/mol. The van der Waals surface area contributed by atoms with Crippen LogP contribution in [0, 0.1) is 10.8 Å². The Kier molecular flexibility index (Phi) is 2.45. The van der Waals surface area contributed by atoms with Crippen LogP contribution in [0.2, 0.25) is 0 Å². The molecule has 0 amide bonds. The minimum Gasteiger partial charge on any atom is -0.299 e. The molecule has 0 aromatic rings. The van der Waals surface area contributed by atoms with Crippen LogP contribution >= 0.6 is 0 Å². The molecule has 1 heteroatoms. The number of hydrogen-bond donors (Lipinski definition) is 0. The van der Waals surface area contributed by atoms with Crippen LogP contribution in [0.15, 0.2) is 0 Å². The van der Waals surface area contributed by atoms with Crippen LogP contribution in [0.5, 0.6) is 0 Å². The molecular formula is C13H22O. The Bertz CT molecular complexity index is 246. The Morgan fingerprint density at radius 1 is 1.36 bits per heavy atom. The summed E-state index contributed by atoms with van der Waals surface area (Å²) >= 11 is 0. The van der Waals surface area contributed by atoms with Crippen LogP contribution in [0.25, 0.3) is 0 Å². The van der Waals surface area contributed by atoms with Crippen molar-refractivity contribution in [3.05, 3.63) is 0 Å². The van der Waals surface area contributed by atoms with E-state index >= 15 is 0 Å². The first kappa shape index (κ1) is 10.2. The first-order valence-corrected chi connectivity index (χ1v) is 6.18. The van der Waals surface area contributed by atoms with Crippen LogP contribution in [0.1, 0.15) is 65.2 Å². The fourth-order valence-electron chi connectivity index (χ4n) is 3.47. The number of rotatable bonds is 4. The lowest BCUT2D eigenvalue weighted by molar-refractivity contribution is -0.127. The van der Waals surface area contributed by atoms with Crippen molar-refractivity contribution in [2.24, 2.45) is 10.8 Å². The van der Waals surface area contributed by atoms with E-state index in [0.717, 1.165) is 12.8 Å². The summed E-state index contributed by atoms with van der Waals surface area (Å²) in [5.41, 5.74) is 0.566. The van der Waals surface area contributed by atoms with Crippen LogP contribution in [0.4, 0.5) is 0 Å². The van der Waals surface area contributed by atoms with Gasteiger partial charge >= 0.3 is 0 Å². The smallest absolute Gasteiger partial charge is 0.139 e. The summed E-state index contributed by atoms with van der Waals surface area (Å²) in [7, 11) is 0. The molecule has 0 spiro atoms. The lowest BCUT2D eigenvalue weighted by Crippen LogP contribution is -2.26. The summed E-state index contributed by atoms with van der Waals surface area (Å²) < 4.78 is 0. The van der Waals surface area contributed by atoms with Crippen molar-refractivity contribution in [2.75, 3.05) is 0 Å². The minimum absolute atomic E-state index is 0.153. The van der Waals surface area contributed by atoms with Crippen LogP contribution in [0.3, 0.4) is 0 Å². The zero-order valence-corrected chi connectivity index (χ0v) is 9.57. The fraction of sp³-hybridized carbons (Fsp3) is 0.923. The van der Waals surface area contributed by atoms with Crippen LogP contribution in [-0.4, -0.2) is 5.78 Å². The number of hydrogen-bond acceptors (Lipinski definition) is 1. The monoisotopic (exact) mass is 194 g/mol. The number of ketones is 1. The highest BCUT2D eigenvalue weighted by Gasteiger charge is 2.68. The lowest BCUT2D eigenvalue weighted by atomic mass is 9.77. The second-order valence-electron chi connectivity index (χ2n) is 5.55. The normalized spacial score (nSPS) is 40.9. The van der Waals surface area contributed by atoms with E-state index in [1.54, 1.807) is 0 Å². The van der Waals surface area contributed by atoms with Crippen molar-refractivity contribution in [3.8, 4) is 0 Å². The summed E-state index contributed by atoms with van der Waals surface area (Å²) in [5.74, 6) is 0.586. The maximum atomic E-state index is 12.0. The molecule has 2 unspecified atom stereocenters. The molecule has 2 aliphatic rings. The van der Waals surface area contributed by atoms with Crippen molar-refractivity contribution in [1.29, 1.82) is 0 Å². The van der Waals surface area contributed by atoms with E-state index in [1.165, 1.54) is 38.5 Å². The van der Waals surface area contributed by atoms with E-state index in [-0.39, 0.29) is 5.41 Å². The topological polar surface area (TPSA) is 17.1 Å². The molecule has 1 nitrogen and oxygen atoms in total. The van der Waals surface area contributed by atoms with Gasteiger partial charge in [0.25, 0.3) is 0 Å². The lowest BCUT2D eigenvalue weighted by Gasteiger charge is -2.26.